The highest BCUT2D eigenvalue weighted by Gasteiger charge is 2.22. The highest BCUT2D eigenvalue weighted by molar-refractivity contribution is 5.79. The molecule has 0 spiro atoms. The van der Waals surface area contributed by atoms with Gasteiger partial charge in [0.05, 0.1) is 18.3 Å². The Morgan fingerprint density at radius 2 is 2.00 bits per heavy atom. The number of carbonyl (C=O) groups is 1. The number of hydrogen-bond donors (Lipinski definition) is 0. The smallest absolute Gasteiger partial charge is 0.410 e. The van der Waals surface area contributed by atoms with E-state index >= 15 is 0 Å². The quantitative estimate of drug-likeness (QED) is 0.517. The summed E-state index contributed by atoms with van der Waals surface area (Å²) in [6, 6.07) is 4.40. The van der Waals surface area contributed by atoms with E-state index in [0.29, 0.717) is 19.1 Å². The molecule has 1 aliphatic rings. The summed E-state index contributed by atoms with van der Waals surface area (Å²) in [5, 5.41) is 0. The Morgan fingerprint density at radius 1 is 1.30 bits per heavy atom. The SMILES string of the molecule is CN(C)CC=CCN(Cc1cc(C=NC2CC2)ccn1)C(=O)OC(C)(C)C. The number of amides is 1. The minimum atomic E-state index is -0.533. The monoisotopic (exact) mass is 372 g/mol. The van der Waals surface area contributed by atoms with Gasteiger partial charge in [-0.25, -0.2) is 4.79 Å². The number of aliphatic imine (C=N–C) groups is 1. The topological polar surface area (TPSA) is 58.0 Å². The molecule has 6 heteroatoms. The molecule has 0 N–H and O–H groups in total. The molecule has 1 amide bonds. The van der Waals surface area contributed by atoms with Gasteiger partial charge in [0.25, 0.3) is 0 Å². The Morgan fingerprint density at radius 3 is 2.63 bits per heavy atom. The molecule has 0 atom stereocenters. The van der Waals surface area contributed by atoms with Crippen LogP contribution in [0, 0.1) is 0 Å². The number of pyridine rings is 1. The van der Waals surface area contributed by atoms with E-state index in [0.717, 1.165) is 17.8 Å². The Bertz CT molecular complexity index is 673. The van der Waals surface area contributed by atoms with Crippen molar-refractivity contribution in [3.8, 4) is 0 Å². The first-order valence-corrected chi connectivity index (χ1v) is 9.49. The van der Waals surface area contributed by atoms with E-state index in [-0.39, 0.29) is 6.09 Å². The first-order chi connectivity index (χ1) is 12.7. The zero-order valence-corrected chi connectivity index (χ0v) is 17.2. The highest BCUT2D eigenvalue weighted by atomic mass is 16.6. The fourth-order valence-corrected chi connectivity index (χ4v) is 2.29. The number of likely N-dealkylation sites (N-methyl/N-ethyl adjacent to an activating group) is 1. The van der Waals surface area contributed by atoms with Gasteiger partial charge in [-0.1, -0.05) is 12.2 Å². The van der Waals surface area contributed by atoms with Gasteiger partial charge in [0, 0.05) is 25.5 Å². The van der Waals surface area contributed by atoms with E-state index in [1.54, 1.807) is 11.1 Å². The minimum absolute atomic E-state index is 0.337. The number of rotatable bonds is 8. The minimum Gasteiger partial charge on any atom is -0.444 e. The maximum Gasteiger partial charge on any atom is 0.410 e. The molecule has 1 aliphatic carbocycles. The third-order valence-corrected chi connectivity index (χ3v) is 3.79. The van der Waals surface area contributed by atoms with Gasteiger partial charge >= 0.3 is 6.09 Å². The van der Waals surface area contributed by atoms with Gasteiger partial charge in [0.2, 0.25) is 0 Å². The number of carbonyl (C=O) groups excluding carboxylic acids is 1. The average Bonchev–Trinajstić information content (AvgIpc) is 3.38. The van der Waals surface area contributed by atoms with Gasteiger partial charge in [0.15, 0.2) is 0 Å². The summed E-state index contributed by atoms with van der Waals surface area (Å²) in [4.78, 5) is 25.3. The number of hydrogen-bond acceptors (Lipinski definition) is 5. The summed E-state index contributed by atoms with van der Waals surface area (Å²) in [6.45, 7) is 7.32. The Balaban J connectivity index is 2.06. The molecular formula is C21H32N4O2. The van der Waals surface area contributed by atoms with Crippen LogP contribution in [-0.2, 0) is 11.3 Å². The Hall–Kier alpha value is -2.21. The standard InChI is InChI=1S/C21H32N4O2/c1-21(2,3)27-20(26)25(13-7-6-12-24(4)5)16-19-14-17(10-11-22-19)15-23-18-8-9-18/h6-7,10-11,14-15,18H,8-9,12-13,16H2,1-5H3. The van der Waals surface area contributed by atoms with Crippen molar-refractivity contribution in [2.45, 2.75) is 51.8 Å². The van der Waals surface area contributed by atoms with Crippen LogP contribution in [0.1, 0.15) is 44.9 Å². The summed E-state index contributed by atoms with van der Waals surface area (Å²) in [6.07, 6.45) is 9.72. The molecule has 0 bridgehead atoms. The van der Waals surface area contributed by atoms with Crippen molar-refractivity contribution in [1.82, 2.24) is 14.8 Å². The van der Waals surface area contributed by atoms with Gasteiger partial charge < -0.3 is 9.64 Å². The highest BCUT2D eigenvalue weighted by Crippen LogP contribution is 2.23. The summed E-state index contributed by atoms with van der Waals surface area (Å²) in [5.41, 5.74) is 1.30. The van der Waals surface area contributed by atoms with E-state index in [1.165, 1.54) is 12.8 Å². The van der Waals surface area contributed by atoms with Crippen LogP contribution in [0.15, 0.2) is 35.5 Å². The Kier molecular flexibility index (Phi) is 7.54. The zero-order valence-electron chi connectivity index (χ0n) is 17.2. The predicted molar refractivity (Wildman–Crippen MR) is 109 cm³/mol. The Labute approximate surface area is 162 Å². The molecule has 0 saturated heterocycles. The molecule has 1 aromatic heterocycles. The second-order valence-corrected chi connectivity index (χ2v) is 8.18. The maximum atomic E-state index is 12.6. The van der Waals surface area contributed by atoms with E-state index in [4.69, 9.17) is 4.74 Å². The molecule has 1 fully saturated rings. The van der Waals surface area contributed by atoms with Crippen LogP contribution in [0.5, 0.6) is 0 Å². The fourth-order valence-electron chi connectivity index (χ4n) is 2.29. The zero-order chi connectivity index (χ0) is 19.9. The molecule has 0 radical (unpaired) electrons. The maximum absolute atomic E-state index is 12.6. The normalized spacial score (nSPS) is 15.0. The van der Waals surface area contributed by atoms with Crippen molar-refractivity contribution in [3.05, 3.63) is 41.7 Å². The third kappa shape index (κ3) is 8.82. The third-order valence-electron chi connectivity index (χ3n) is 3.79. The molecule has 1 heterocycles. The molecule has 0 aliphatic heterocycles. The average molecular weight is 373 g/mol. The van der Waals surface area contributed by atoms with Crippen LogP contribution in [0.4, 0.5) is 4.79 Å². The largest absolute Gasteiger partial charge is 0.444 e. The van der Waals surface area contributed by atoms with E-state index in [2.05, 4.69) is 14.9 Å². The van der Waals surface area contributed by atoms with Crippen LogP contribution in [0.2, 0.25) is 0 Å². The van der Waals surface area contributed by atoms with Crippen molar-refractivity contribution < 1.29 is 9.53 Å². The molecular weight excluding hydrogens is 340 g/mol. The van der Waals surface area contributed by atoms with Crippen molar-refractivity contribution in [2.24, 2.45) is 4.99 Å². The second-order valence-electron chi connectivity index (χ2n) is 8.18. The predicted octanol–water partition coefficient (Wildman–Crippen LogP) is 3.52. The van der Waals surface area contributed by atoms with Crippen LogP contribution >= 0.6 is 0 Å². The van der Waals surface area contributed by atoms with Crippen LogP contribution in [0.3, 0.4) is 0 Å². The van der Waals surface area contributed by atoms with Crippen molar-refractivity contribution in [2.75, 3.05) is 27.2 Å². The van der Waals surface area contributed by atoms with Gasteiger partial charge in [-0.15, -0.1) is 0 Å². The lowest BCUT2D eigenvalue weighted by atomic mass is 10.2. The van der Waals surface area contributed by atoms with E-state index in [9.17, 15) is 4.79 Å². The number of nitrogens with zero attached hydrogens (tertiary/aromatic N) is 4. The van der Waals surface area contributed by atoms with Gasteiger partial charge in [0.1, 0.15) is 5.60 Å². The van der Waals surface area contributed by atoms with Gasteiger partial charge in [-0.3, -0.25) is 14.9 Å². The van der Waals surface area contributed by atoms with Gasteiger partial charge in [-0.05, 0) is 65.4 Å². The van der Waals surface area contributed by atoms with Gasteiger partial charge in [-0.2, -0.15) is 0 Å². The van der Waals surface area contributed by atoms with Crippen molar-refractivity contribution in [3.63, 3.8) is 0 Å². The molecule has 1 aromatic rings. The van der Waals surface area contributed by atoms with Crippen molar-refractivity contribution in [1.29, 1.82) is 0 Å². The molecule has 148 valence electrons. The molecule has 6 nitrogen and oxygen atoms in total. The first-order valence-electron chi connectivity index (χ1n) is 9.49. The lowest BCUT2D eigenvalue weighted by Crippen LogP contribution is -2.36. The first kappa shape index (κ1) is 21.1. The fraction of sp³-hybridized carbons (Fsp3) is 0.571. The molecule has 0 aromatic carbocycles. The summed E-state index contributed by atoms with van der Waals surface area (Å²) in [5.74, 6) is 0. The van der Waals surface area contributed by atoms with Crippen LogP contribution in [0.25, 0.3) is 0 Å². The lowest BCUT2D eigenvalue weighted by molar-refractivity contribution is 0.0254. The van der Waals surface area contributed by atoms with Crippen LogP contribution < -0.4 is 0 Å². The summed E-state index contributed by atoms with van der Waals surface area (Å²) in [7, 11) is 4.02. The number of ether oxygens (including phenoxy) is 1. The summed E-state index contributed by atoms with van der Waals surface area (Å²) >= 11 is 0. The van der Waals surface area contributed by atoms with E-state index < -0.39 is 5.60 Å². The molecule has 2 rings (SSSR count). The summed E-state index contributed by atoms with van der Waals surface area (Å²) < 4.78 is 5.56. The molecule has 1 saturated carbocycles. The molecule has 27 heavy (non-hydrogen) atoms. The van der Waals surface area contributed by atoms with E-state index in [1.807, 2.05) is 65.4 Å². The lowest BCUT2D eigenvalue weighted by Gasteiger charge is -2.26. The molecule has 0 unspecified atom stereocenters. The van der Waals surface area contributed by atoms with Crippen molar-refractivity contribution >= 4 is 12.3 Å². The van der Waals surface area contributed by atoms with Crippen LogP contribution in [-0.4, -0.2) is 65.9 Å². The second kappa shape index (κ2) is 9.65. The number of aromatic nitrogens is 1.